The molecule has 0 amide bonds. The SMILES string of the molecule is CC(=O)c1cc(O)c2c(=O)c(C(C)=O)c(C)oc2c1. The van der Waals surface area contributed by atoms with Gasteiger partial charge in [0.1, 0.15) is 28.0 Å². The second kappa shape index (κ2) is 4.35. The van der Waals surface area contributed by atoms with Gasteiger partial charge in [-0.1, -0.05) is 0 Å². The van der Waals surface area contributed by atoms with Gasteiger partial charge < -0.3 is 9.52 Å². The van der Waals surface area contributed by atoms with E-state index in [0.29, 0.717) is 0 Å². The second-order valence-electron chi connectivity index (χ2n) is 4.34. The molecule has 0 saturated carbocycles. The number of phenolic OH excluding ortho intramolecular Hbond substituents is 1. The van der Waals surface area contributed by atoms with Crippen molar-refractivity contribution >= 4 is 22.5 Å². The molecule has 2 rings (SSSR count). The van der Waals surface area contributed by atoms with Crippen LogP contribution in [0.3, 0.4) is 0 Å². The van der Waals surface area contributed by atoms with Crippen LogP contribution in [-0.4, -0.2) is 16.7 Å². The third-order valence-electron chi connectivity index (χ3n) is 2.91. The van der Waals surface area contributed by atoms with Crippen LogP contribution in [0.1, 0.15) is 40.3 Å². The molecule has 0 aliphatic heterocycles. The zero-order chi connectivity index (χ0) is 14.3. The standard InChI is InChI=1S/C14H12O5/c1-6(15)9-4-10(17)13-11(5-9)19-8(3)12(7(2)16)14(13)18/h4-5,17H,1-3H3. The second-order valence-corrected chi connectivity index (χ2v) is 4.34. The summed E-state index contributed by atoms with van der Waals surface area (Å²) in [6, 6.07) is 2.58. The summed E-state index contributed by atoms with van der Waals surface area (Å²) in [4.78, 5) is 34.9. The van der Waals surface area contributed by atoms with Crippen molar-refractivity contribution in [2.75, 3.05) is 0 Å². The minimum Gasteiger partial charge on any atom is -0.507 e. The lowest BCUT2D eigenvalue weighted by atomic mass is 10.0. The van der Waals surface area contributed by atoms with Crippen molar-refractivity contribution in [1.82, 2.24) is 0 Å². The molecule has 1 aromatic carbocycles. The van der Waals surface area contributed by atoms with Crippen LogP contribution in [0.4, 0.5) is 0 Å². The third-order valence-corrected chi connectivity index (χ3v) is 2.91. The van der Waals surface area contributed by atoms with Crippen LogP contribution in [0, 0.1) is 6.92 Å². The van der Waals surface area contributed by atoms with E-state index in [9.17, 15) is 19.5 Å². The number of carbonyl (C=O) groups is 2. The molecule has 0 radical (unpaired) electrons. The fraction of sp³-hybridized carbons (Fsp3) is 0.214. The Morgan fingerprint density at radius 2 is 1.79 bits per heavy atom. The van der Waals surface area contributed by atoms with Gasteiger partial charge in [-0.25, -0.2) is 0 Å². The fourth-order valence-electron chi connectivity index (χ4n) is 2.02. The summed E-state index contributed by atoms with van der Waals surface area (Å²) in [6.07, 6.45) is 0. The van der Waals surface area contributed by atoms with Crippen molar-refractivity contribution in [3.8, 4) is 5.75 Å². The number of ketones is 2. The number of Topliss-reactive ketones (excluding diaryl/α,β-unsaturated/α-hetero) is 2. The number of benzene rings is 1. The Bertz CT molecular complexity index is 767. The lowest BCUT2D eigenvalue weighted by Gasteiger charge is -2.06. The highest BCUT2D eigenvalue weighted by atomic mass is 16.3. The number of phenols is 1. The highest BCUT2D eigenvalue weighted by molar-refractivity contribution is 6.02. The zero-order valence-electron chi connectivity index (χ0n) is 10.7. The molecule has 0 saturated heterocycles. The van der Waals surface area contributed by atoms with Gasteiger partial charge in [0.05, 0.1) is 0 Å². The molecule has 0 aliphatic rings. The van der Waals surface area contributed by atoms with E-state index in [1.807, 2.05) is 0 Å². The number of aryl methyl sites for hydroxylation is 1. The van der Waals surface area contributed by atoms with E-state index in [4.69, 9.17) is 4.42 Å². The number of fused-ring (bicyclic) bond motifs is 1. The van der Waals surface area contributed by atoms with E-state index in [2.05, 4.69) is 0 Å². The van der Waals surface area contributed by atoms with Crippen molar-refractivity contribution in [2.24, 2.45) is 0 Å². The van der Waals surface area contributed by atoms with Crippen LogP contribution < -0.4 is 5.43 Å². The monoisotopic (exact) mass is 260 g/mol. The molecule has 0 fully saturated rings. The topological polar surface area (TPSA) is 84.6 Å². The third kappa shape index (κ3) is 2.03. The maximum atomic E-state index is 12.2. The van der Waals surface area contributed by atoms with Gasteiger partial charge in [-0.2, -0.15) is 0 Å². The normalized spacial score (nSPS) is 10.7. The van der Waals surface area contributed by atoms with E-state index >= 15 is 0 Å². The van der Waals surface area contributed by atoms with Crippen LogP contribution in [-0.2, 0) is 0 Å². The minimum atomic E-state index is -0.584. The molecular formula is C14H12O5. The summed E-state index contributed by atoms with van der Waals surface area (Å²) < 4.78 is 5.37. The summed E-state index contributed by atoms with van der Waals surface area (Å²) in [5.74, 6) is -0.875. The van der Waals surface area contributed by atoms with Crippen LogP contribution in [0.2, 0.25) is 0 Å². The molecule has 1 N–H and O–H groups in total. The predicted molar refractivity (Wildman–Crippen MR) is 68.9 cm³/mol. The zero-order valence-corrected chi connectivity index (χ0v) is 10.7. The number of rotatable bonds is 2. The minimum absolute atomic E-state index is 0.0826. The van der Waals surface area contributed by atoms with Crippen molar-refractivity contribution in [1.29, 1.82) is 0 Å². The Morgan fingerprint density at radius 1 is 1.16 bits per heavy atom. The van der Waals surface area contributed by atoms with Gasteiger partial charge in [0, 0.05) is 5.56 Å². The number of hydrogen-bond acceptors (Lipinski definition) is 5. The quantitative estimate of drug-likeness (QED) is 0.837. The smallest absolute Gasteiger partial charge is 0.207 e. The first kappa shape index (κ1) is 13.0. The molecule has 5 heteroatoms. The summed E-state index contributed by atoms with van der Waals surface area (Å²) in [5.41, 5.74) is -0.335. The van der Waals surface area contributed by atoms with E-state index in [-0.39, 0.29) is 39.4 Å². The van der Waals surface area contributed by atoms with E-state index in [0.717, 1.165) is 0 Å². The molecule has 0 atom stereocenters. The summed E-state index contributed by atoms with van der Waals surface area (Å²) in [6.45, 7) is 4.09. The lowest BCUT2D eigenvalue weighted by Crippen LogP contribution is -2.15. The van der Waals surface area contributed by atoms with Crippen LogP contribution >= 0.6 is 0 Å². The average Bonchev–Trinajstić information content (AvgIpc) is 2.26. The van der Waals surface area contributed by atoms with E-state index < -0.39 is 11.2 Å². The Labute approximate surface area is 108 Å². The van der Waals surface area contributed by atoms with Gasteiger partial charge in [0.15, 0.2) is 11.6 Å². The van der Waals surface area contributed by atoms with Crippen molar-refractivity contribution in [2.45, 2.75) is 20.8 Å². The first-order valence-electron chi connectivity index (χ1n) is 5.65. The fourth-order valence-corrected chi connectivity index (χ4v) is 2.02. The molecule has 2 aromatic rings. The highest BCUT2D eigenvalue weighted by Gasteiger charge is 2.19. The predicted octanol–water partition coefficient (Wildman–Crippen LogP) is 2.21. The summed E-state index contributed by atoms with van der Waals surface area (Å²) in [7, 11) is 0. The van der Waals surface area contributed by atoms with Gasteiger partial charge in [-0.3, -0.25) is 14.4 Å². The number of carbonyl (C=O) groups excluding carboxylic acids is 2. The van der Waals surface area contributed by atoms with Gasteiger partial charge in [-0.05, 0) is 32.9 Å². The Hall–Kier alpha value is -2.43. The lowest BCUT2D eigenvalue weighted by molar-refractivity contribution is 0.100. The van der Waals surface area contributed by atoms with Gasteiger partial charge in [0.25, 0.3) is 0 Å². The maximum absolute atomic E-state index is 12.2. The molecule has 19 heavy (non-hydrogen) atoms. The van der Waals surface area contributed by atoms with Crippen molar-refractivity contribution < 1.29 is 19.1 Å². The van der Waals surface area contributed by atoms with Crippen LogP contribution in [0.5, 0.6) is 5.75 Å². The molecule has 0 aliphatic carbocycles. The van der Waals surface area contributed by atoms with Crippen molar-refractivity contribution in [3.63, 3.8) is 0 Å². The largest absolute Gasteiger partial charge is 0.507 e. The molecule has 1 aromatic heterocycles. The summed E-state index contributed by atoms with van der Waals surface area (Å²) >= 11 is 0. The molecule has 0 unspecified atom stereocenters. The molecule has 5 nitrogen and oxygen atoms in total. The highest BCUT2D eigenvalue weighted by Crippen LogP contribution is 2.26. The van der Waals surface area contributed by atoms with Gasteiger partial charge in [0.2, 0.25) is 5.43 Å². The van der Waals surface area contributed by atoms with E-state index in [1.165, 1.54) is 32.9 Å². The average molecular weight is 260 g/mol. The Morgan fingerprint density at radius 3 is 2.32 bits per heavy atom. The summed E-state index contributed by atoms with van der Waals surface area (Å²) in [5, 5.41) is 9.77. The molecular weight excluding hydrogens is 248 g/mol. The van der Waals surface area contributed by atoms with Gasteiger partial charge in [-0.15, -0.1) is 0 Å². The Balaban J connectivity index is 2.97. The first-order chi connectivity index (χ1) is 8.82. The molecule has 98 valence electrons. The first-order valence-corrected chi connectivity index (χ1v) is 5.65. The number of hydrogen-bond donors (Lipinski definition) is 1. The maximum Gasteiger partial charge on any atom is 0.207 e. The molecule has 0 bridgehead atoms. The van der Waals surface area contributed by atoms with Crippen LogP contribution in [0.15, 0.2) is 21.3 Å². The molecule has 1 heterocycles. The molecule has 0 spiro atoms. The van der Waals surface area contributed by atoms with Gasteiger partial charge >= 0.3 is 0 Å². The number of aromatic hydroxyl groups is 1. The Kier molecular flexibility index (Phi) is 2.98. The van der Waals surface area contributed by atoms with Crippen molar-refractivity contribution in [3.05, 3.63) is 39.2 Å². The van der Waals surface area contributed by atoms with E-state index in [1.54, 1.807) is 0 Å². The van der Waals surface area contributed by atoms with Crippen LogP contribution in [0.25, 0.3) is 11.0 Å².